The minimum absolute atomic E-state index is 0.865. The van der Waals surface area contributed by atoms with E-state index in [-0.39, 0.29) is 0 Å². The molecule has 0 amide bonds. The van der Waals surface area contributed by atoms with Crippen molar-refractivity contribution in [3.63, 3.8) is 0 Å². The lowest BCUT2D eigenvalue weighted by Gasteiger charge is -2.45. The SMILES string of the molecule is CC1=CC=C(C)C([Si](C)(C)C)C1[Si](C)(C)C. The van der Waals surface area contributed by atoms with E-state index in [1.165, 1.54) is 0 Å². The fourth-order valence-corrected chi connectivity index (χ4v) is 11.8. The molecule has 1 aliphatic carbocycles. The van der Waals surface area contributed by atoms with Gasteiger partial charge in [0.1, 0.15) is 0 Å². The number of allylic oxidation sites excluding steroid dienone is 4. The first-order chi connectivity index (χ1) is 7.05. The molecule has 0 nitrogen and oxygen atoms in total. The zero-order valence-electron chi connectivity index (χ0n) is 12.3. The van der Waals surface area contributed by atoms with E-state index in [2.05, 4.69) is 65.3 Å². The standard InChI is InChI=1S/C14H28Si2/c1-11-9-10-12(2)14(16(6,7)8)13(11)15(3,4)5/h9-10,13-14H,1-8H3. The summed E-state index contributed by atoms with van der Waals surface area (Å²) in [5, 5.41) is 0. The van der Waals surface area contributed by atoms with Gasteiger partial charge in [-0.2, -0.15) is 0 Å². The van der Waals surface area contributed by atoms with Gasteiger partial charge in [0.05, 0.1) is 16.1 Å². The molecule has 2 unspecified atom stereocenters. The van der Waals surface area contributed by atoms with Gasteiger partial charge in [-0.25, -0.2) is 0 Å². The van der Waals surface area contributed by atoms with Crippen molar-refractivity contribution in [1.82, 2.24) is 0 Å². The maximum absolute atomic E-state index is 2.53. The van der Waals surface area contributed by atoms with E-state index in [0.717, 1.165) is 11.1 Å². The summed E-state index contributed by atoms with van der Waals surface area (Å²) < 4.78 is 0. The van der Waals surface area contributed by atoms with Gasteiger partial charge in [-0.05, 0) is 24.9 Å². The second-order valence-corrected chi connectivity index (χ2v) is 18.2. The molecule has 1 rings (SSSR count). The molecule has 0 saturated heterocycles. The molecule has 0 radical (unpaired) electrons. The third-order valence-electron chi connectivity index (χ3n) is 3.79. The Labute approximate surface area is 104 Å². The molecular weight excluding hydrogens is 224 g/mol. The summed E-state index contributed by atoms with van der Waals surface area (Å²) in [5.41, 5.74) is 5.00. The van der Waals surface area contributed by atoms with E-state index in [1.807, 2.05) is 0 Å². The van der Waals surface area contributed by atoms with Crippen molar-refractivity contribution in [3.8, 4) is 0 Å². The van der Waals surface area contributed by atoms with E-state index in [1.54, 1.807) is 11.1 Å². The van der Waals surface area contributed by atoms with Crippen LogP contribution in [0.2, 0.25) is 50.4 Å². The Bertz CT molecular complexity index is 290. The van der Waals surface area contributed by atoms with E-state index in [0.29, 0.717) is 0 Å². The van der Waals surface area contributed by atoms with Crippen LogP contribution in [-0.4, -0.2) is 16.1 Å². The van der Waals surface area contributed by atoms with Crippen LogP contribution < -0.4 is 0 Å². The van der Waals surface area contributed by atoms with Gasteiger partial charge in [0.25, 0.3) is 0 Å². The summed E-state index contributed by atoms with van der Waals surface area (Å²) in [6.45, 7) is 19.9. The van der Waals surface area contributed by atoms with E-state index >= 15 is 0 Å². The van der Waals surface area contributed by atoms with E-state index in [4.69, 9.17) is 0 Å². The molecule has 16 heavy (non-hydrogen) atoms. The maximum Gasteiger partial charge on any atom is 0.0521 e. The van der Waals surface area contributed by atoms with Crippen LogP contribution >= 0.6 is 0 Å². The van der Waals surface area contributed by atoms with Crippen LogP contribution in [0, 0.1) is 0 Å². The summed E-state index contributed by atoms with van der Waals surface area (Å²) >= 11 is 0. The molecule has 0 aliphatic heterocycles. The third kappa shape index (κ3) is 2.78. The van der Waals surface area contributed by atoms with Gasteiger partial charge in [0, 0.05) is 0 Å². The number of hydrogen-bond acceptors (Lipinski definition) is 0. The monoisotopic (exact) mass is 252 g/mol. The molecule has 0 N–H and O–H groups in total. The Hall–Kier alpha value is -0.0862. The quantitative estimate of drug-likeness (QED) is 0.584. The number of rotatable bonds is 2. The summed E-state index contributed by atoms with van der Waals surface area (Å²) in [6.07, 6.45) is 4.74. The zero-order valence-corrected chi connectivity index (χ0v) is 14.3. The van der Waals surface area contributed by atoms with Gasteiger partial charge in [0.2, 0.25) is 0 Å². The van der Waals surface area contributed by atoms with Crippen molar-refractivity contribution >= 4 is 16.1 Å². The van der Waals surface area contributed by atoms with Crippen molar-refractivity contribution in [3.05, 3.63) is 23.3 Å². The fourth-order valence-electron chi connectivity index (χ4n) is 3.36. The lowest BCUT2D eigenvalue weighted by molar-refractivity contribution is 0.832. The number of hydrogen-bond donors (Lipinski definition) is 0. The maximum atomic E-state index is 2.53. The Balaban J connectivity index is 3.22. The Morgan fingerprint density at radius 2 is 0.938 bits per heavy atom. The fraction of sp³-hybridized carbons (Fsp3) is 0.714. The van der Waals surface area contributed by atoms with Gasteiger partial charge in [-0.1, -0.05) is 62.6 Å². The lowest BCUT2D eigenvalue weighted by atomic mass is 9.99. The second-order valence-electron chi connectivity index (χ2n) is 7.51. The normalized spacial score (nSPS) is 27.5. The van der Waals surface area contributed by atoms with Crippen LogP contribution in [0.25, 0.3) is 0 Å². The van der Waals surface area contributed by atoms with Crippen LogP contribution in [0.4, 0.5) is 0 Å². The topological polar surface area (TPSA) is 0 Å². The first-order valence-electron chi connectivity index (χ1n) is 6.40. The smallest absolute Gasteiger partial charge is 0.0521 e. The molecule has 0 bridgehead atoms. The third-order valence-corrected chi connectivity index (χ3v) is 9.43. The largest absolute Gasteiger partial charge is 0.0726 e. The molecule has 92 valence electrons. The van der Waals surface area contributed by atoms with Crippen LogP contribution in [-0.2, 0) is 0 Å². The predicted octanol–water partition coefficient (Wildman–Crippen LogP) is 5.31. The average molecular weight is 253 g/mol. The first-order valence-corrected chi connectivity index (χ1v) is 13.6. The van der Waals surface area contributed by atoms with Gasteiger partial charge in [-0.15, -0.1) is 0 Å². The highest BCUT2D eigenvalue weighted by molar-refractivity contribution is 6.84. The molecule has 0 aromatic heterocycles. The Kier molecular flexibility index (Phi) is 3.76. The molecule has 0 heterocycles. The van der Waals surface area contributed by atoms with Gasteiger partial charge >= 0.3 is 0 Å². The first kappa shape index (κ1) is 14.0. The van der Waals surface area contributed by atoms with Crippen LogP contribution in [0.5, 0.6) is 0 Å². The highest BCUT2D eigenvalue weighted by atomic mass is 28.3. The molecule has 2 heteroatoms. The Morgan fingerprint density at radius 1 is 0.688 bits per heavy atom. The molecule has 0 saturated carbocycles. The Morgan fingerprint density at radius 3 is 1.12 bits per heavy atom. The lowest BCUT2D eigenvalue weighted by Crippen LogP contribution is -2.42. The molecule has 1 aliphatic rings. The average Bonchev–Trinajstić information content (AvgIpc) is 2.04. The molecule has 0 aromatic rings. The van der Waals surface area contributed by atoms with E-state index < -0.39 is 16.1 Å². The molecule has 0 fully saturated rings. The molecule has 0 spiro atoms. The molecule has 2 atom stereocenters. The van der Waals surface area contributed by atoms with E-state index in [9.17, 15) is 0 Å². The van der Waals surface area contributed by atoms with Crippen molar-refractivity contribution in [2.75, 3.05) is 0 Å². The van der Waals surface area contributed by atoms with Crippen molar-refractivity contribution in [2.24, 2.45) is 0 Å². The predicted molar refractivity (Wildman–Crippen MR) is 81.7 cm³/mol. The second kappa shape index (κ2) is 4.30. The highest BCUT2D eigenvalue weighted by Crippen LogP contribution is 2.51. The summed E-state index contributed by atoms with van der Waals surface area (Å²) in [6, 6.07) is 0. The van der Waals surface area contributed by atoms with Gasteiger partial charge < -0.3 is 0 Å². The minimum Gasteiger partial charge on any atom is -0.0726 e. The van der Waals surface area contributed by atoms with Crippen molar-refractivity contribution in [1.29, 1.82) is 0 Å². The van der Waals surface area contributed by atoms with Gasteiger partial charge in [-0.3, -0.25) is 0 Å². The van der Waals surface area contributed by atoms with Gasteiger partial charge in [0.15, 0.2) is 0 Å². The highest BCUT2D eigenvalue weighted by Gasteiger charge is 2.43. The molecule has 0 aromatic carbocycles. The summed E-state index contributed by atoms with van der Waals surface area (Å²) in [4.78, 5) is 0. The zero-order chi connectivity index (χ0) is 12.7. The van der Waals surface area contributed by atoms with Crippen LogP contribution in [0.1, 0.15) is 13.8 Å². The summed E-state index contributed by atoms with van der Waals surface area (Å²) in [5.74, 6) is 0. The minimum atomic E-state index is -1.11. The van der Waals surface area contributed by atoms with Crippen molar-refractivity contribution in [2.45, 2.75) is 64.2 Å². The van der Waals surface area contributed by atoms with Crippen LogP contribution in [0.3, 0.4) is 0 Å². The van der Waals surface area contributed by atoms with Crippen LogP contribution in [0.15, 0.2) is 23.3 Å². The van der Waals surface area contributed by atoms with Crippen molar-refractivity contribution < 1.29 is 0 Å². The summed E-state index contributed by atoms with van der Waals surface area (Å²) in [7, 11) is -2.22. The molecular formula is C14H28Si2.